The van der Waals surface area contributed by atoms with E-state index in [0.717, 1.165) is 0 Å². The van der Waals surface area contributed by atoms with E-state index >= 15 is 0 Å². The Morgan fingerprint density at radius 1 is 2.00 bits per heavy atom. The van der Waals surface area contributed by atoms with Gasteiger partial charge in [0.1, 0.15) is 6.17 Å². The summed E-state index contributed by atoms with van der Waals surface area (Å²) in [4.78, 5) is 3.47. The number of hydrogen-bond donors (Lipinski definition) is 1. The Bertz CT molecular complexity index is 104. The molecule has 38 valence electrons. The van der Waals surface area contributed by atoms with Crippen LogP contribution in [0.5, 0.6) is 0 Å². The van der Waals surface area contributed by atoms with Crippen molar-refractivity contribution in [1.29, 1.82) is 0 Å². The largest absolute Gasteiger partial charge is 0.306 e. The Morgan fingerprint density at radius 3 is 2.71 bits per heavy atom. The molecule has 0 aromatic heterocycles. The number of nitrogens with zero attached hydrogens (tertiary/aromatic N) is 1. The van der Waals surface area contributed by atoms with Crippen LogP contribution in [0.1, 0.15) is 0 Å². The van der Waals surface area contributed by atoms with Crippen molar-refractivity contribution >= 4 is 17.4 Å². The normalized spacial score (nSPS) is 11.6. The predicted octanol–water partition coefficient (Wildman–Crippen LogP) is 0.560. The third-order valence-electron chi connectivity index (χ3n) is 0.443. The summed E-state index contributed by atoms with van der Waals surface area (Å²) >= 11 is 4.25. The maximum atomic E-state index is 5.17. The lowest BCUT2D eigenvalue weighted by atomic mass is 10.5. The van der Waals surface area contributed by atoms with Crippen LogP contribution >= 0.6 is 12.2 Å². The van der Waals surface area contributed by atoms with Crippen LogP contribution in [0.2, 0.25) is 0 Å². The lowest BCUT2D eigenvalue weighted by Gasteiger charge is -1.88. The standard InChI is InChI=1S/C4H6N2S/c1-2-4(5)6-3-7/h2,4H,1,5H2. The van der Waals surface area contributed by atoms with E-state index in [-0.39, 0.29) is 6.17 Å². The van der Waals surface area contributed by atoms with E-state index in [1.165, 1.54) is 6.08 Å². The van der Waals surface area contributed by atoms with Gasteiger partial charge < -0.3 is 5.73 Å². The summed E-state index contributed by atoms with van der Waals surface area (Å²) in [5.74, 6) is 0. The molecule has 0 heterocycles. The monoisotopic (exact) mass is 114 g/mol. The molecule has 0 aliphatic rings. The van der Waals surface area contributed by atoms with Crippen LogP contribution in [0.25, 0.3) is 0 Å². The van der Waals surface area contributed by atoms with Gasteiger partial charge in [-0.25, -0.2) is 4.99 Å². The van der Waals surface area contributed by atoms with Crippen LogP contribution in [0.3, 0.4) is 0 Å². The molecule has 0 saturated carbocycles. The van der Waals surface area contributed by atoms with Crippen molar-refractivity contribution in [2.24, 2.45) is 10.7 Å². The molecule has 3 heteroatoms. The highest BCUT2D eigenvalue weighted by Crippen LogP contribution is 1.75. The fourth-order valence-corrected chi connectivity index (χ4v) is 0.235. The fraction of sp³-hybridized carbons (Fsp3) is 0.250. The van der Waals surface area contributed by atoms with Crippen molar-refractivity contribution < 1.29 is 0 Å². The molecule has 0 aliphatic heterocycles. The van der Waals surface area contributed by atoms with Gasteiger partial charge >= 0.3 is 0 Å². The molecule has 1 unspecified atom stereocenters. The zero-order valence-electron chi connectivity index (χ0n) is 3.79. The van der Waals surface area contributed by atoms with Gasteiger partial charge in [-0.1, -0.05) is 12.7 Å². The summed E-state index contributed by atoms with van der Waals surface area (Å²) in [6.45, 7) is 3.37. The second-order valence-corrected chi connectivity index (χ2v) is 1.13. The Hall–Kier alpha value is -0.500. The van der Waals surface area contributed by atoms with Crippen LogP contribution in [0, 0.1) is 0 Å². The van der Waals surface area contributed by atoms with Crippen molar-refractivity contribution in [2.75, 3.05) is 0 Å². The Labute approximate surface area is 47.7 Å². The topological polar surface area (TPSA) is 38.4 Å². The van der Waals surface area contributed by atoms with Gasteiger partial charge in [-0.2, -0.15) is 0 Å². The summed E-state index contributed by atoms with van der Waals surface area (Å²) in [5, 5.41) is 2.13. The zero-order valence-corrected chi connectivity index (χ0v) is 4.61. The lowest BCUT2D eigenvalue weighted by molar-refractivity contribution is 0.888. The Morgan fingerprint density at radius 2 is 2.57 bits per heavy atom. The van der Waals surface area contributed by atoms with E-state index in [2.05, 4.69) is 29.0 Å². The minimum atomic E-state index is -0.377. The van der Waals surface area contributed by atoms with Crippen LogP contribution in [-0.2, 0) is 0 Å². The van der Waals surface area contributed by atoms with Crippen molar-refractivity contribution in [3.05, 3.63) is 12.7 Å². The van der Waals surface area contributed by atoms with E-state index in [1.807, 2.05) is 0 Å². The SMILES string of the molecule is C=CC(N)N=C=S. The number of rotatable bonds is 2. The van der Waals surface area contributed by atoms with Crippen LogP contribution in [0.15, 0.2) is 17.6 Å². The van der Waals surface area contributed by atoms with Gasteiger partial charge in [-0.05, 0) is 12.2 Å². The molecule has 1 atom stereocenters. The molecular formula is C4H6N2S. The van der Waals surface area contributed by atoms with Crippen LogP contribution in [-0.4, -0.2) is 11.3 Å². The number of nitrogens with two attached hydrogens (primary N) is 1. The molecule has 0 saturated heterocycles. The summed E-state index contributed by atoms with van der Waals surface area (Å²) < 4.78 is 0. The smallest absolute Gasteiger partial charge is 0.126 e. The number of aliphatic imine (C=N–C) groups is 1. The molecule has 0 fully saturated rings. The molecular weight excluding hydrogens is 108 g/mol. The van der Waals surface area contributed by atoms with Crippen molar-refractivity contribution in [3.8, 4) is 0 Å². The first-order valence-electron chi connectivity index (χ1n) is 1.76. The molecule has 2 nitrogen and oxygen atoms in total. The average Bonchev–Trinajstić information content (AvgIpc) is 1.68. The van der Waals surface area contributed by atoms with E-state index < -0.39 is 0 Å². The number of hydrogen-bond acceptors (Lipinski definition) is 3. The summed E-state index contributed by atoms with van der Waals surface area (Å²) in [5.41, 5.74) is 5.17. The summed E-state index contributed by atoms with van der Waals surface area (Å²) in [7, 11) is 0. The first-order valence-corrected chi connectivity index (χ1v) is 2.17. The molecule has 0 aliphatic carbocycles. The van der Waals surface area contributed by atoms with Gasteiger partial charge in [-0.3, -0.25) is 0 Å². The van der Waals surface area contributed by atoms with E-state index in [9.17, 15) is 0 Å². The van der Waals surface area contributed by atoms with Gasteiger partial charge in [0.15, 0.2) is 0 Å². The molecule has 0 amide bonds. The number of isothiocyanates is 1. The maximum Gasteiger partial charge on any atom is 0.126 e. The third-order valence-corrected chi connectivity index (χ3v) is 0.549. The summed E-state index contributed by atoms with van der Waals surface area (Å²) in [6.07, 6.45) is 1.11. The number of thiocarbonyl (C=S) groups is 1. The predicted molar refractivity (Wildman–Crippen MR) is 33.2 cm³/mol. The van der Waals surface area contributed by atoms with Gasteiger partial charge in [0.05, 0.1) is 5.16 Å². The highest BCUT2D eigenvalue weighted by Gasteiger charge is 1.82. The highest BCUT2D eigenvalue weighted by atomic mass is 32.1. The second-order valence-electron chi connectivity index (χ2n) is 0.947. The van der Waals surface area contributed by atoms with Crippen LogP contribution in [0.4, 0.5) is 0 Å². The highest BCUT2D eigenvalue weighted by molar-refractivity contribution is 7.78. The molecule has 0 aromatic carbocycles. The van der Waals surface area contributed by atoms with Gasteiger partial charge in [0.25, 0.3) is 0 Å². The molecule has 2 N–H and O–H groups in total. The van der Waals surface area contributed by atoms with Crippen molar-refractivity contribution in [2.45, 2.75) is 6.17 Å². The molecule has 0 rings (SSSR count). The first-order chi connectivity index (χ1) is 3.31. The maximum absolute atomic E-state index is 5.17. The third kappa shape index (κ3) is 3.33. The Kier molecular flexibility index (Phi) is 3.42. The second kappa shape index (κ2) is 3.68. The molecule has 0 spiro atoms. The zero-order chi connectivity index (χ0) is 5.70. The first kappa shape index (κ1) is 6.50. The minimum absolute atomic E-state index is 0.377. The van der Waals surface area contributed by atoms with Gasteiger partial charge in [-0.15, -0.1) is 0 Å². The van der Waals surface area contributed by atoms with Gasteiger partial charge in [0.2, 0.25) is 0 Å². The van der Waals surface area contributed by atoms with Crippen molar-refractivity contribution in [3.63, 3.8) is 0 Å². The molecule has 0 bridgehead atoms. The molecule has 0 aromatic rings. The van der Waals surface area contributed by atoms with Gasteiger partial charge in [0, 0.05) is 0 Å². The van der Waals surface area contributed by atoms with E-state index in [1.54, 1.807) is 0 Å². The van der Waals surface area contributed by atoms with E-state index in [0.29, 0.717) is 0 Å². The molecule has 7 heavy (non-hydrogen) atoms. The van der Waals surface area contributed by atoms with Crippen LogP contribution < -0.4 is 5.73 Å². The molecule has 0 radical (unpaired) electrons. The quantitative estimate of drug-likeness (QED) is 0.323. The fourth-order valence-electron chi connectivity index (χ4n) is 0.114. The Balaban J connectivity index is 3.56. The van der Waals surface area contributed by atoms with E-state index in [4.69, 9.17) is 5.73 Å². The average molecular weight is 114 g/mol. The van der Waals surface area contributed by atoms with Crippen molar-refractivity contribution in [1.82, 2.24) is 0 Å². The minimum Gasteiger partial charge on any atom is -0.306 e. The summed E-state index contributed by atoms with van der Waals surface area (Å²) in [6, 6.07) is 0. The lowest BCUT2D eigenvalue weighted by Crippen LogP contribution is -2.11.